The number of hydrogen-bond donors (Lipinski definition) is 0. The van der Waals surface area contributed by atoms with Crippen LogP contribution in [0.25, 0.3) is 0 Å². The lowest BCUT2D eigenvalue weighted by Gasteiger charge is -2.36. The Morgan fingerprint density at radius 3 is 2.45 bits per heavy atom. The van der Waals surface area contributed by atoms with Crippen molar-refractivity contribution in [1.29, 1.82) is 0 Å². The molecule has 1 aromatic carbocycles. The summed E-state index contributed by atoms with van der Waals surface area (Å²) >= 11 is 7.60. The lowest BCUT2D eigenvalue weighted by molar-refractivity contribution is 0.112. The van der Waals surface area contributed by atoms with Gasteiger partial charge in [0, 0.05) is 36.9 Å². The Labute approximate surface area is 127 Å². The molecule has 0 bridgehead atoms. The minimum absolute atomic E-state index is 0.777. The zero-order valence-corrected chi connectivity index (χ0v) is 12.5. The van der Waals surface area contributed by atoms with Gasteiger partial charge in [0.1, 0.15) is 0 Å². The summed E-state index contributed by atoms with van der Waals surface area (Å²) in [5.41, 5.74) is 1.18. The van der Waals surface area contributed by atoms with E-state index in [1.165, 1.54) is 10.7 Å². The van der Waals surface area contributed by atoms with E-state index in [4.69, 9.17) is 11.6 Å². The van der Waals surface area contributed by atoms with Gasteiger partial charge < -0.3 is 9.80 Å². The van der Waals surface area contributed by atoms with E-state index in [1.807, 2.05) is 30.3 Å². The number of carbonyl (C=O) groups is 1. The van der Waals surface area contributed by atoms with Gasteiger partial charge in [0.25, 0.3) is 0 Å². The second-order valence-electron chi connectivity index (χ2n) is 4.75. The van der Waals surface area contributed by atoms with Gasteiger partial charge in [-0.1, -0.05) is 17.7 Å². The van der Waals surface area contributed by atoms with Crippen LogP contribution in [0, 0.1) is 0 Å². The van der Waals surface area contributed by atoms with E-state index in [-0.39, 0.29) is 0 Å². The van der Waals surface area contributed by atoms with E-state index in [1.54, 1.807) is 11.3 Å². The van der Waals surface area contributed by atoms with Gasteiger partial charge in [-0.2, -0.15) is 0 Å². The first kappa shape index (κ1) is 13.5. The van der Waals surface area contributed by atoms with Gasteiger partial charge in [-0.15, -0.1) is 11.3 Å². The number of nitrogens with zero attached hydrogens (tertiary/aromatic N) is 2. The third-order valence-corrected chi connectivity index (χ3v) is 4.80. The fourth-order valence-corrected chi connectivity index (χ4v) is 3.49. The third kappa shape index (κ3) is 2.81. The van der Waals surface area contributed by atoms with Gasteiger partial charge in [0.05, 0.1) is 9.88 Å². The molecule has 0 aliphatic carbocycles. The first-order valence-corrected chi connectivity index (χ1v) is 7.76. The molecule has 104 valence electrons. The molecule has 0 saturated carbocycles. The molecule has 2 aromatic rings. The average molecular weight is 307 g/mol. The summed E-state index contributed by atoms with van der Waals surface area (Å²) in [5.74, 6) is 0. The van der Waals surface area contributed by atoms with Gasteiger partial charge in [-0.05, 0) is 30.3 Å². The molecule has 3 rings (SSSR count). The minimum atomic E-state index is 0.777. The number of halogens is 1. The van der Waals surface area contributed by atoms with Crippen LogP contribution >= 0.6 is 22.9 Å². The molecule has 20 heavy (non-hydrogen) atoms. The summed E-state index contributed by atoms with van der Waals surface area (Å²) in [6.07, 6.45) is 0.913. The number of carbonyl (C=O) groups excluding carboxylic acids is 1. The molecular weight excluding hydrogens is 292 g/mol. The molecule has 0 N–H and O–H groups in total. The molecule has 0 atom stereocenters. The molecule has 0 unspecified atom stereocenters. The second-order valence-corrected chi connectivity index (χ2v) is 6.28. The van der Waals surface area contributed by atoms with E-state index in [0.717, 1.165) is 42.4 Å². The highest BCUT2D eigenvalue weighted by Crippen LogP contribution is 2.27. The topological polar surface area (TPSA) is 23.6 Å². The van der Waals surface area contributed by atoms with Crippen LogP contribution < -0.4 is 9.80 Å². The molecule has 1 aromatic heterocycles. The first-order valence-electron chi connectivity index (χ1n) is 6.57. The van der Waals surface area contributed by atoms with Crippen molar-refractivity contribution in [2.24, 2.45) is 0 Å². The Morgan fingerprint density at radius 2 is 1.80 bits per heavy atom. The van der Waals surface area contributed by atoms with Crippen molar-refractivity contribution in [3.05, 3.63) is 46.3 Å². The van der Waals surface area contributed by atoms with E-state index in [0.29, 0.717) is 0 Å². The Morgan fingerprint density at radius 1 is 1.05 bits per heavy atom. The van der Waals surface area contributed by atoms with Gasteiger partial charge >= 0.3 is 0 Å². The number of piperazine rings is 1. The number of hydrogen-bond acceptors (Lipinski definition) is 4. The quantitative estimate of drug-likeness (QED) is 0.810. The average Bonchev–Trinajstić information content (AvgIpc) is 2.96. The molecular formula is C15H15ClN2OS. The molecule has 1 fully saturated rings. The van der Waals surface area contributed by atoms with E-state index < -0.39 is 0 Å². The normalized spacial score (nSPS) is 15.4. The van der Waals surface area contributed by atoms with Crippen LogP contribution in [0.4, 0.5) is 10.7 Å². The largest absolute Gasteiger partial charge is 0.368 e. The summed E-state index contributed by atoms with van der Waals surface area (Å²) in [6.45, 7) is 3.86. The fourth-order valence-electron chi connectivity index (χ4n) is 2.43. The highest BCUT2D eigenvalue weighted by molar-refractivity contribution is 7.17. The van der Waals surface area contributed by atoms with Gasteiger partial charge in [-0.3, -0.25) is 4.79 Å². The Balaban J connectivity index is 1.66. The predicted octanol–water partition coefficient (Wildman–Crippen LogP) is 3.54. The zero-order valence-electron chi connectivity index (χ0n) is 11.0. The molecule has 0 amide bonds. The predicted molar refractivity (Wildman–Crippen MR) is 85.6 cm³/mol. The molecule has 1 saturated heterocycles. The van der Waals surface area contributed by atoms with Crippen LogP contribution in [0.3, 0.4) is 0 Å². The molecule has 1 aliphatic rings. The van der Waals surface area contributed by atoms with Crippen molar-refractivity contribution >= 4 is 39.9 Å². The maximum atomic E-state index is 10.7. The van der Waals surface area contributed by atoms with Crippen molar-refractivity contribution in [1.82, 2.24) is 0 Å². The number of anilines is 2. The van der Waals surface area contributed by atoms with Crippen LogP contribution in [-0.2, 0) is 0 Å². The summed E-state index contributed by atoms with van der Waals surface area (Å²) in [6, 6.07) is 11.9. The Kier molecular flexibility index (Phi) is 3.94. The number of aldehydes is 1. The number of benzene rings is 1. The Hall–Kier alpha value is -1.52. The van der Waals surface area contributed by atoms with E-state index >= 15 is 0 Å². The van der Waals surface area contributed by atoms with E-state index in [9.17, 15) is 4.79 Å². The van der Waals surface area contributed by atoms with Crippen LogP contribution in [0.1, 0.15) is 9.67 Å². The van der Waals surface area contributed by atoms with Crippen LogP contribution in [0.2, 0.25) is 5.02 Å². The van der Waals surface area contributed by atoms with Crippen LogP contribution in [-0.4, -0.2) is 32.5 Å². The second kappa shape index (κ2) is 5.85. The summed E-state index contributed by atoms with van der Waals surface area (Å²) in [5, 5.41) is 1.96. The summed E-state index contributed by atoms with van der Waals surface area (Å²) in [7, 11) is 0. The van der Waals surface area contributed by atoms with Gasteiger partial charge in [0.15, 0.2) is 6.29 Å². The highest BCUT2D eigenvalue weighted by atomic mass is 35.5. The maximum Gasteiger partial charge on any atom is 0.160 e. The third-order valence-electron chi connectivity index (χ3n) is 3.49. The van der Waals surface area contributed by atoms with Crippen LogP contribution in [0.15, 0.2) is 36.4 Å². The number of thiophene rings is 1. The van der Waals surface area contributed by atoms with Crippen molar-refractivity contribution in [2.75, 3.05) is 36.0 Å². The molecule has 0 radical (unpaired) electrons. The zero-order chi connectivity index (χ0) is 13.9. The monoisotopic (exact) mass is 306 g/mol. The van der Waals surface area contributed by atoms with Crippen molar-refractivity contribution in [3.63, 3.8) is 0 Å². The first-order chi connectivity index (χ1) is 9.76. The fraction of sp³-hybridized carbons (Fsp3) is 0.267. The Bertz CT molecular complexity index is 605. The van der Waals surface area contributed by atoms with Crippen molar-refractivity contribution in [3.8, 4) is 0 Å². The van der Waals surface area contributed by atoms with Gasteiger partial charge in [0.2, 0.25) is 0 Å². The molecule has 0 spiro atoms. The van der Waals surface area contributed by atoms with Crippen molar-refractivity contribution in [2.45, 2.75) is 0 Å². The van der Waals surface area contributed by atoms with Crippen LogP contribution in [0.5, 0.6) is 0 Å². The molecule has 1 aliphatic heterocycles. The lowest BCUT2D eigenvalue weighted by Crippen LogP contribution is -2.46. The molecule has 3 nitrogen and oxygen atoms in total. The smallest absolute Gasteiger partial charge is 0.160 e. The molecule has 5 heteroatoms. The maximum absolute atomic E-state index is 10.7. The lowest BCUT2D eigenvalue weighted by atomic mass is 10.2. The van der Waals surface area contributed by atoms with E-state index in [2.05, 4.69) is 15.9 Å². The van der Waals surface area contributed by atoms with Gasteiger partial charge in [-0.25, -0.2) is 0 Å². The standard InChI is InChI=1S/C15H15ClN2OS/c16-12-2-1-3-13(10-12)17-6-8-18(9-7-17)15-5-4-14(11-19)20-15/h1-5,10-11H,6-9H2. The highest BCUT2D eigenvalue weighted by Gasteiger charge is 2.18. The summed E-state index contributed by atoms with van der Waals surface area (Å²) < 4.78 is 0. The summed E-state index contributed by atoms with van der Waals surface area (Å²) in [4.78, 5) is 16.2. The SMILES string of the molecule is O=Cc1ccc(N2CCN(c3cccc(Cl)c3)CC2)s1. The number of rotatable bonds is 3. The molecule has 2 heterocycles. The minimum Gasteiger partial charge on any atom is -0.368 e. The van der Waals surface area contributed by atoms with Crippen molar-refractivity contribution < 1.29 is 4.79 Å².